The van der Waals surface area contributed by atoms with E-state index in [1.807, 2.05) is 35.9 Å². The molecule has 0 saturated carbocycles. The number of aromatic nitrogens is 5. The maximum Gasteiger partial charge on any atom is 0.246 e. The van der Waals surface area contributed by atoms with Crippen LogP contribution in [0.4, 0.5) is 11.6 Å². The van der Waals surface area contributed by atoms with Gasteiger partial charge in [0.2, 0.25) is 5.95 Å². The van der Waals surface area contributed by atoms with Crippen LogP contribution in [0.15, 0.2) is 55.2 Å². The Hall–Kier alpha value is -3.34. The van der Waals surface area contributed by atoms with E-state index in [1.165, 1.54) is 0 Å². The highest BCUT2D eigenvalue weighted by atomic mass is 35.5. The number of rotatable bonds is 5. The van der Waals surface area contributed by atoms with Gasteiger partial charge in [-0.1, -0.05) is 29.3 Å². The molecule has 0 spiro atoms. The molecule has 0 aliphatic carbocycles. The third-order valence-corrected chi connectivity index (χ3v) is 4.83. The van der Waals surface area contributed by atoms with Crippen molar-refractivity contribution in [2.24, 2.45) is 0 Å². The zero-order valence-electron chi connectivity index (χ0n) is 15.3. The average molecular weight is 424 g/mol. The topological polar surface area (TPSA) is 84.4 Å². The maximum absolute atomic E-state index is 9.52. The summed E-state index contributed by atoms with van der Waals surface area (Å²) in [6.07, 6.45) is 5.17. The summed E-state index contributed by atoms with van der Waals surface area (Å²) in [6, 6.07) is 13.0. The summed E-state index contributed by atoms with van der Waals surface area (Å²) in [4.78, 5) is 8.47. The van der Waals surface area contributed by atoms with Gasteiger partial charge in [-0.3, -0.25) is 0 Å². The molecule has 0 bridgehead atoms. The number of imidazole rings is 1. The number of nitrogens with one attached hydrogen (secondary N) is 1. The lowest BCUT2D eigenvalue weighted by molar-refractivity contribution is 0.687. The molecule has 0 amide bonds. The molecule has 2 aromatic carbocycles. The second kappa shape index (κ2) is 7.95. The van der Waals surface area contributed by atoms with Crippen LogP contribution in [-0.2, 0) is 6.54 Å². The fraction of sp³-hybridized carbons (Fsp3) is 0.100. The van der Waals surface area contributed by atoms with Crippen LogP contribution in [-0.4, -0.2) is 24.3 Å². The number of halogens is 2. The van der Waals surface area contributed by atoms with Crippen LogP contribution < -0.4 is 5.32 Å². The molecule has 2 aromatic heterocycles. The standard InChI is InChI=1S/C20H15Cl2N7/c1-13-9-28(11-24-13)19-5-4-17(6-15(19)8-23)26-20-25-12-29(27-20)10-14-2-3-16(21)7-18(14)22/h2-7,9,11-12H,10H2,1H3,(H,26,27). The summed E-state index contributed by atoms with van der Waals surface area (Å²) in [5.74, 6) is 0.421. The lowest BCUT2D eigenvalue weighted by Crippen LogP contribution is -2.02. The maximum atomic E-state index is 9.52. The summed E-state index contributed by atoms with van der Waals surface area (Å²) < 4.78 is 3.49. The SMILES string of the molecule is Cc1cn(-c2ccc(Nc3ncn(Cc4ccc(Cl)cc4Cl)n3)cc2C#N)cn1. The monoisotopic (exact) mass is 423 g/mol. The molecule has 7 nitrogen and oxygen atoms in total. The van der Waals surface area contributed by atoms with E-state index in [0.717, 1.165) is 16.9 Å². The van der Waals surface area contributed by atoms with Crippen LogP contribution in [0.5, 0.6) is 0 Å². The second-order valence-electron chi connectivity index (χ2n) is 6.39. The van der Waals surface area contributed by atoms with Crippen molar-refractivity contribution < 1.29 is 0 Å². The molecule has 0 radical (unpaired) electrons. The average Bonchev–Trinajstić information content (AvgIpc) is 3.33. The number of anilines is 2. The van der Waals surface area contributed by atoms with Crippen LogP contribution in [0.25, 0.3) is 5.69 Å². The predicted octanol–water partition coefficient (Wildman–Crippen LogP) is 4.74. The van der Waals surface area contributed by atoms with Crippen molar-refractivity contribution >= 4 is 34.8 Å². The van der Waals surface area contributed by atoms with Gasteiger partial charge in [0, 0.05) is 21.9 Å². The van der Waals surface area contributed by atoms with Gasteiger partial charge in [-0.25, -0.2) is 14.6 Å². The lowest BCUT2D eigenvalue weighted by Gasteiger charge is -2.08. The van der Waals surface area contributed by atoms with E-state index in [1.54, 1.807) is 35.5 Å². The minimum absolute atomic E-state index is 0.421. The zero-order valence-corrected chi connectivity index (χ0v) is 16.9. The molecule has 4 aromatic rings. The fourth-order valence-corrected chi connectivity index (χ4v) is 3.33. The van der Waals surface area contributed by atoms with Crippen molar-refractivity contribution in [1.29, 1.82) is 5.26 Å². The third kappa shape index (κ3) is 4.24. The minimum atomic E-state index is 0.421. The number of hydrogen-bond donors (Lipinski definition) is 1. The summed E-state index contributed by atoms with van der Waals surface area (Å²) >= 11 is 12.2. The number of nitriles is 1. The number of aryl methyl sites for hydroxylation is 1. The van der Waals surface area contributed by atoms with E-state index in [2.05, 4.69) is 26.5 Å². The number of benzene rings is 2. The van der Waals surface area contributed by atoms with Gasteiger partial charge in [-0.2, -0.15) is 5.26 Å². The Bertz CT molecular complexity index is 1220. The first-order chi connectivity index (χ1) is 14.0. The Kier molecular flexibility index (Phi) is 5.21. The number of hydrogen-bond acceptors (Lipinski definition) is 5. The third-order valence-electron chi connectivity index (χ3n) is 4.25. The molecular weight excluding hydrogens is 409 g/mol. The van der Waals surface area contributed by atoms with Crippen molar-refractivity contribution in [3.8, 4) is 11.8 Å². The highest BCUT2D eigenvalue weighted by Crippen LogP contribution is 2.23. The highest BCUT2D eigenvalue weighted by Gasteiger charge is 2.09. The lowest BCUT2D eigenvalue weighted by atomic mass is 10.1. The second-order valence-corrected chi connectivity index (χ2v) is 7.24. The van der Waals surface area contributed by atoms with E-state index in [4.69, 9.17) is 23.2 Å². The fourth-order valence-electron chi connectivity index (χ4n) is 2.86. The molecule has 0 fully saturated rings. The molecule has 4 rings (SSSR count). The molecule has 0 atom stereocenters. The molecule has 9 heteroatoms. The molecular formula is C20H15Cl2N7. The van der Waals surface area contributed by atoms with Gasteiger partial charge in [0.25, 0.3) is 0 Å². The Balaban J connectivity index is 1.52. The highest BCUT2D eigenvalue weighted by molar-refractivity contribution is 6.35. The van der Waals surface area contributed by atoms with Gasteiger partial charge in [-0.05, 0) is 42.8 Å². The van der Waals surface area contributed by atoms with Crippen molar-refractivity contribution in [3.63, 3.8) is 0 Å². The van der Waals surface area contributed by atoms with E-state index in [0.29, 0.717) is 33.8 Å². The molecule has 144 valence electrons. The van der Waals surface area contributed by atoms with E-state index in [9.17, 15) is 5.26 Å². The Morgan fingerprint density at radius 3 is 2.69 bits per heavy atom. The van der Waals surface area contributed by atoms with Gasteiger partial charge in [-0.15, -0.1) is 5.10 Å². The van der Waals surface area contributed by atoms with Gasteiger partial charge < -0.3 is 9.88 Å². The van der Waals surface area contributed by atoms with E-state index >= 15 is 0 Å². The Morgan fingerprint density at radius 2 is 1.97 bits per heavy atom. The van der Waals surface area contributed by atoms with Crippen LogP contribution in [0.2, 0.25) is 10.0 Å². The van der Waals surface area contributed by atoms with Crippen LogP contribution >= 0.6 is 23.2 Å². The zero-order chi connectivity index (χ0) is 20.4. The largest absolute Gasteiger partial charge is 0.323 e. The smallest absolute Gasteiger partial charge is 0.246 e. The predicted molar refractivity (Wildman–Crippen MR) is 112 cm³/mol. The van der Waals surface area contributed by atoms with Crippen molar-refractivity contribution in [2.45, 2.75) is 13.5 Å². The normalized spacial score (nSPS) is 10.7. The molecule has 0 aliphatic rings. The van der Waals surface area contributed by atoms with Gasteiger partial charge in [0.15, 0.2) is 0 Å². The van der Waals surface area contributed by atoms with Gasteiger partial charge >= 0.3 is 0 Å². The Labute approximate surface area is 177 Å². The summed E-state index contributed by atoms with van der Waals surface area (Å²) in [5.41, 5.74) is 3.75. The first-order valence-electron chi connectivity index (χ1n) is 8.67. The molecule has 0 unspecified atom stereocenters. The summed E-state index contributed by atoms with van der Waals surface area (Å²) in [7, 11) is 0. The minimum Gasteiger partial charge on any atom is -0.323 e. The first kappa shape index (κ1) is 19.0. The quantitative estimate of drug-likeness (QED) is 0.500. The van der Waals surface area contributed by atoms with Gasteiger partial charge in [0.1, 0.15) is 12.4 Å². The number of nitrogens with zero attached hydrogens (tertiary/aromatic N) is 6. The van der Waals surface area contributed by atoms with E-state index < -0.39 is 0 Å². The van der Waals surface area contributed by atoms with Crippen molar-refractivity contribution in [3.05, 3.63) is 82.1 Å². The molecule has 2 heterocycles. The summed E-state index contributed by atoms with van der Waals surface area (Å²) in [5, 5.41) is 18.2. The van der Waals surface area contributed by atoms with Crippen LogP contribution in [0, 0.1) is 18.3 Å². The molecule has 0 saturated heterocycles. The van der Waals surface area contributed by atoms with Crippen LogP contribution in [0.1, 0.15) is 16.8 Å². The summed E-state index contributed by atoms with van der Waals surface area (Å²) in [6.45, 7) is 2.37. The van der Waals surface area contributed by atoms with Crippen molar-refractivity contribution in [1.82, 2.24) is 24.3 Å². The first-order valence-corrected chi connectivity index (χ1v) is 9.43. The van der Waals surface area contributed by atoms with E-state index in [-0.39, 0.29) is 0 Å². The molecule has 0 aliphatic heterocycles. The van der Waals surface area contributed by atoms with Crippen molar-refractivity contribution in [2.75, 3.05) is 5.32 Å². The van der Waals surface area contributed by atoms with Crippen LogP contribution in [0.3, 0.4) is 0 Å². The molecule has 29 heavy (non-hydrogen) atoms. The molecule has 1 N–H and O–H groups in total. The van der Waals surface area contributed by atoms with Gasteiger partial charge in [0.05, 0.1) is 29.8 Å². The Morgan fingerprint density at radius 1 is 1.10 bits per heavy atom.